The molecule has 1 aliphatic heterocycles. The van der Waals surface area contributed by atoms with E-state index in [0.29, 0.717) is 0 Å². The van der Waals surface area contributed by atoms with E-state index in [0.717, 1.165) is 13.0 Å². The summed E-state index contributed by atoms with van der Waals surface area (Å²) in [4.78, 5) is 4.76. The molecule has 2 nitrogen and oxygen atoms in total. The predicted octanol–water partition coefficient (Wildman–Crippen LogP) is 4.20. The largest absolute Gasteiger partial charge is 0.287 e. The van der Waals surface area contributed by atoms with E-state index in [4.69, 9.17) is 4.99 Å². The summed E-state index contributed by atoms with van der Waals surface area (Å²) in [5.41, 5.74) is 5.05. The molecule has 0 bridgehead atoms. The summed E-state index contributed by atoms with van der Waals surface area (Å²) in [6.45, 7) is 3.13. The summed E-state index contributed by atoms with van der Waals surface area (Å²) in [5, 5.41) is 3.46. The van der Waals surface area contributed by atoms with Crippen molar-refractivity contribution in [2.45, 2.75) is 25.9 Å². The second kappa shape index (κ2) is 6.02. The van der Waals surface area contributed by atoms with Crippen molar-refractivity contribution >= 4 is 5.71 Å². The van der Waals surface area contributed by atoms with Gasteiger partial charge < -0.3 is 0 Å². The number of aliphatic imine (C=N–C) groups is 1. The molecule has 1 unspecified atom stereocenters. The fourth-order valence-corrected chi connectivity index (χ4v) is 2.61. The van der Waals surface area contributed by atoms with Gasteiger partial charge in [0.25, 0.3) is 0 Å². The van der Waals surface area contributed by atoms with E-state index in [-0.39, 0.29) is 6.17 Å². The van der Waals surface area contributed by atoms with E-state index in [1.807, 2.05) is 6.07 Å². The zero-order valence-electron chi connectivity index (χ0n) is 11.8. The van der Waals surface area contributed by atoms with Crippen molar-refractivity contribution in [3.05, 3.63) is 60.2 Å². The molecule has 0 saturated heterocycles. The third kappa shape index (κ3) is 2.81. The standard InChI is InChI=1S/C18H20N2/c1-2-6-17-13-19-18(20-17)16-11-9-15(10-12-16)14-7-4-3-5-8-14/h3-5,7-12,18-19H,2,6,13H2,1H3. The average molecular weight is 264 g/mol. The van der Waals surface area contributed by atoms with Crippen LogP contribution in [0.15, 0.2) is 59.6 Å². The molecule has 1 aliphatic rings. The Bertz CT molecular complexity index is 585. The molecule has 1 N–H and O–H groups in total. The number of benzene rings is 2. The zero-order valence-corrected chi connectivity index (χ0v) is 11.8. The van der Waals surface area contributed by atoms with Gasteiger partial charge in [-0.3, -0.25) is 10.3 Å². The molecule has 1 heterocycles. The molecule has 3 rings (SSSR count). The van der Waals surface area contributed by atoms with E-state index in [9.17, 15) is 0 Å². The van der Waals surface area contributed by atoms with Gasteiger partial charge in [0.1, 0.15) is 6.17 Å². The molecule has 102 valence electrons. The molecule has 0 radical (unpaired) electrons. The number of rotatable bonds is 4. The molecule has 0 amide bonds. The zero-order chi connectivity index (χ0) is 13.8. The van der Waals surface area contributed by atoms with Gasteiger partial charge in [-0.25, -0.2) is 0 Å². The summed E-state index contributed by atoms with van der Waals surface area (Å²) in [6, 6.07) is 19.2. The fraction of sp³-hybridized carbons (Fsp3) is 0.278. The number of hydrogen-bond donors (Lipinski definition) is 1. The Morgan fingerprint density at radius 1 is 1.00 bits per heavy atom. The lowest BCUT2D eigenvalue weighted by atomic mass is 10.0. The SMILES string of the molecule is CCCC1=NC(c2ccc(-c3ccccc3)cc2)NC1. The lowest BCUT2D eigenvalue weighted by Gasteiger charge is -2.09. The molecule has 2 aromatic carbocycles. The minimum absolute atomic E-state index is 0.140. The van der Waals surface area contributed by atoms with Crippen LogP contribution in [0.1, 0.15) is 31.5 Å². The van der Waals surface area contributed by atoms with Gasteiger partial charge in [0.15, 0.2) is 0 Å². The first-order valence-electron chi connectivity index (χ1n) is 7.31. The van der Waals surface area contributed by atoms with Crippen molar-refractivity contribution in [1.29, 1.82) is 0 Å². The van der Waals surface area contributed by atoms with Crippen LogP contribution in [0.2, 0.25) is 0 Å². The van der Waals surface area contributed by atoms with Crippen molar-refractivity contribution < 1.29 is 0 Å². The molecule has 1 atom stereocenters. The minimum Gasteiger partial charge on any atom is -0.287 e. The van der Waals surface area contributed by atoms with Gasteiger partial charge in [-0.05, 0) is 23.1 Å². The molecular weight excluding hydrogens is 244 g/mol. The van der Waals surface area contributed by atoms with Crippen molar-refractivity contribution in [2.24, 2.45) is 4.99 Å². The Balaban J connectivity index is 1.77. The van der Waals surface area contributed by atoms with Gasteiger partial charge in [0, 0.05) is 12.3 Å². The molecule has 0 fully saturated rings. The van der Waals surface area contributed by atoms with Gasteiger partial charge in [-0.1, -0.05) is 67.9 Å². The quantitative estimate of drug-likeness (QED) is 0.879. The minimum atomic E-state index is 0.140. The van der Waals surface area contributed by atoms with Crippen molar-refractivity contribution in [3.63, 3.8) is 0 Å². The van der Waals surface area contributed by atoms with Crippen LogP contribution in [0.3, 0.4) is 0 Å². The van der Waals surface area contributed by atoms with Gasteiger partial charge in [0.05, 0.1) is 0 Å². The Morgan fingerprint density at radius 2 is 1.70 bits per heavy atom. The van der Waals surface area contributed by atoms with Crippen LogP contribution in [0.5, 0.6) is 0 Å². The lowest BCUT2D eigenvalue weighted by molar-refractivity contribution is 0.643. The third-order valence-electron chi connectivity index (χ3n) is 3.68. The maximum atomic E-state index is 4.76. The van der Waals surface area contributed by atoms with Gasteiger partial charge in [0.2, 0.25) is 0 Å². The molecular formula is C18H20N2. The first kappa shape index (κ1) is 13.1. The normalized spacial score (nSPS) is 18.1. The first-order chi connectivity index (χ1) is 9.86. The Labute approximate surface area is 120 Å². The molecule has 0 saturated carbocycles. The van der Waals surface area contributed by atoms with Gasteiger partial charge >= 0.3 is 0 Å². The molecule has 0 spiro atoms. The van der Waals surface area contributed by atoms with Crippen LogP contribution >= 0.6 is 0 Å². The summed E-state index contributed by atoms with van der Waals surface area (Å²) < 4.78 is 0. The molecule has 0 aromatic heterocycles. The first-order valence-corrected chi connectivity index (χ1v) is 7.31. The Kier molecular flexibility index (Phi) is 3.93. The van der Waals surface area contributed by atoms with Crippen LogP contribution in [0, 0.1) is 0 Å². The second-order valence-electron chi connectivity index (χ2n) is 5.22. The van der Waals surface area contributed by atoms with Crippen LogP contribution in [0.25, 0.3) is 11.1 Å². The van der Waals surface area contributed by atoms with Gasteiger partial charge in [-0.2, -0.15) is 0 Å². The van der Waals surface area contributed by atoms with Crippen molar-refractivity contribution in [3.8, 4) is 11.1 Å². The van der Waals surface area contributed by atoms with E-state index < -0.39 is 0 Å². The van der Waals surface area contributed by atoms with Crippen LogP contribution in [0.4, 0.5) is 0 Å². The number of nitrogens with one attached hydrogen (secondary N) is 1. The van der Waals surface area contributed by atoms with E-state index in [2.05, 4.69) is 60.8 Å². The second-order valence-corrected chi connectivity index (χ2v) is 5.22. The summed E-state index contributed by atoms with van der Waals surface area (Å²) in [6.07, 6.45) is 2.41. The van der Waals surface area contributed by atoms with Crippen LogP contribution < -0.4 is 5.32 Å². The fourth-order valence-electron chi connectivity index (χ4n) is 2.61. The number of hydrogen-bond acceptors (Lipinski definition) is 2. The number of nitrogens with zero attached hydrogens (tertiary/aromatic N) is 1. The van der Waals surface area contributed by atoms with Crippen molar-refractivity contribution in [2.75, 3.05) is 6.54 Å². The van der Waals surface area contributed by atoms with Crippen LogP contribution in [-0.2, 0) is 0 Å². The van der Waals surface area contributed by atoms with E-state index in [1.165, 1.54) is 28.8 Å². The average Bonchev–Trinajstić information content (AvgIpc) is 2.97. The molecule has 2 heteroatoms. The monoisotopic (exact) mass is 264 g/mol. The predicted molar refractivity (Wildman–Crippen MR) is 85.0 cm³/mol. The van der Waals surface area contributed by atoms with Gasteiger partial charge in [-0.15, -0.1) is 0 Å². The summed E-state index contributed by atoms with van der Waals surface area (Å²) >= 11 is 0. The molecule has 0 aliphatic carbocycles. The summed E-state index contributed by atoms with van der Waals surface area (Å²) in [7, 11) is 0. The maximum absolute atomic E-state index is 4.76. The molecule has 20 heavy (non-hydrogen) atoms. The van der Waals surface area contributed by atoms with E-state index >= 15 is 0 Å². The topological polar surface area (TPSA) is 24.4 Å². The highest BCUT2D eigenvalue weighted by Gasteiger charge is 2.17. The summed E-state index contributed by atoms with van der Waals surface area (Å²) in [5.74, 6) is 0. The van der Waals surface area contributed by atoms with Crippen molar-refractivity contribution in [1.82, 2.24) is 5.32 Å². The maximum Gasteiger partial charge on any atom is 0.125 e. The Hall–Kier alpha value is -1.93. The third-order valence-corrected chi connectivity index (χ3v) is 3.68. The molecule has 2 aromatic rings. The smallest absolute Gasteiger partial charge is 0.125 e. The highest BCUT2D eigenvalue weighted by atomic mass is 15.1. The lowest BCUT2D eigenvalue weighted by Crippen LogP contribution is -2.16. The van der Waals surface area contributed by atoms with Crippen LogP contribution in [-0.4, -0.2) is 12.3 Å². The highest BCUT2D eigenvalue weighted by molar-refractivity contribution is 5.88. The van der Waals surface area contributed by atoms with E-state index in [1.54, 1.807) is 0 Å². The Morgan fingerprint density at radius 3 is 2.40 bits per heavy atom. The highest BCUT2D eigenvalue weighted by Crippen LogP contribution is 2.24.